The summed E-state index contributed by atoms with van der Waals surface area (Å²) in [7, 11) is -2.13. The van der Waals surface area contributed by atoms with Crippen LogP contribution in [0, 0.1) is 17.5 Å². The van der Waals surface area contributed by atoms with Crippen molar-refractivity contribution in [3.05, 3.63) is 150 Å². The van der Waals surface area contributed by atoms with Crippen molar-refractivity contribution in [1.29, 1.82) is 0 Å². The molecule has 3 fully saturated rings. The van der Waals surface area contributed by atoms with E-state index in [0.29, 0.717) is 27.7 Å². The Kier molecular flexibility index (Phi) is 28.8. The quantitative estimate of drug-likeness (QED) is 0.0916. The van der Waals surface area contributed by atoms with Gasteiger partial charge in [0.2, 0.25) is 0 Å². The molecule has 4 aliphatic heterocycles. The Morgan fingerprint density at radius 3 is 1.58 bits per heavy atom. The van der Waals surface area contributed by atoms with E-state index < -0.39 is 47.4 Å². The summed E-state index contributed by atoms with van der Waals surface area (Å²) in [6, 6.07) is 24.3. The van der Waals surface area contributed by atoms with E-state index in [9.17, 15) is 26.4 Å². The van der Waals surface area contributed by atoms with E-state index >= 15 is 0 Å². The fourth-order valence-corrected chi connectivity index (χ4v) is 12.5. The van der Waals surface area contributed by atoms with Crippen LogP contribution >= 0.6 is 11.8 Å². The van der Waals surface area contributed by atoms with Crippen molar-refractivity contribution in [2.24, 2.45) is 5.16 Å². The number of halogens is 4. The molecule has 400 valence electrons. The first-order chi connectivity index (χ1) is 34.0. The van der Waals surface area contributed by atoms with E-state index in [-0.39, 0.29) is 78.5 Å². The van der Waals surface area contributed by atoms with Crippen LogP contribution in [0.2, 0.25) is 0 Å². The van der Waals surface area contributed by atoms with Crippen LogP contribution < -0.4 is 69.2 Å². The molecule has 74 heavy (non-hydrogen) atoms. The smallest absolute Gasteiger partial charge is 0.408 e. The average Bonchev–Trinajstić information content (AvgIpc) is 3.99. The van der Waals surface area contributed by atoms with Crippen LogP contribution in [0.3, 0.4) is 0 Å². The Hall–Kier alpha value is -3.01. The van der Waals surface area contributed by atoms with Gasteiger partial charge in [0, 0.05) is 62.1 Å². The standard InChI is InChI=1S/C22H22FN3O4S.C14H18FNOS.C14H18FNS.2CH4.IO4.Na/c23-15-2-4-17(5-3-15)31(28)18-7-9-26(10-8-18)13-16-12-20(25-30-16)14-1-6-19-21(11-14)29-22(27)24-19;1-2-9-16-10-7-14(8-11-16)18(17)13-5-3-12(15)4-6-13;1-2-9-16-10-7-14(8-11-16)17-13-5-3-12(15)4-6-13;;;2-1(3,4)5;/h1-6,11,16,18H,7-10,12-13H2,(H,24,27);2-6,14H,1,7-11H2;2-6,14H,1,7-11H2;2*1H4;;/q;;;;;-1;+1. The van der Waals surface area contributed by atoms with Crippen molar-refractivity contribution >= 4 is 50.2 Å². The van der Waals surface area contributed by atoms with E-state index in [1.54, 1.807) is 36.4 Å². The molecule has 4 aromatic carbocycles. The monoisotopic (exact) mass is 1210 g/mol. The third kappa shape index (κ3) is 21.8. The summed E-state index contributed by atoms with van der Waals surface area (Å²) in [5, 5.41) is 5.18. The number of piperidine rings is 3. The fourth-order valence-electron chi connectivity index (χ4n) is 8.52. The van der Waals surface area contributed by atoms with Crippen molar-refractivity contribution < 1.29 is 94.2 Å². The van der Waals surface area contributed by atoms with Gasteiger partial charge in [-0.1, -0.05) is 38.2 Å². The number of fused-ring (bicyclic) bond motifs is 1. The minimum atomic E-state index is -5.94. The van der Waals surface area contributed by atoms with E-state index in [1.807, 2.05) is 42.1 Å². The molecule has 0 aliphatic carbocycles. The van der Waals surface area contributed by atoms with Crippen LogP contribution in [-0.4, -0.2) is 115 Å². The zero-order valence-electron chi connectivity index (χ0n) is 40.1. The molecule has 0 spiro atoms. The first-order valence-electron chi connectivity index (χ1n) is 23.1. The number of H-pyrrole nitrogens is 1. The fraction of sp³-hybridized carbons (Fsp3) is 0.423. The second-order valence-electron chi connectivity index (χ2n) is 17.2. The predicted molar refractivity (Wildman–Crippen MR) is 273 cm³/mol. The molecule has 5 heterocycles. The molecule has 3 saturated heterocycles. The second-order valence-corrected chi connectivity index (χ2v) is 24.2. The molecular formula is C52H66F3IN5NaO9S3. The number of aromatic amines is 1. The number of benzene rings is 4. The summed E-state index contributed by atoms with van der Waals surface area (Å²) in [6.07, 6.45) is 10.4. The predicted octanol–water partition coefficient (Wildman–Crippen LogP) is -0.298. The van der Waals surface area contributed by atoms with Crippen LogP contribution in [0.5, 0.6) is 0 Å². The van der Waals surface area contributed by atoms with Gasteiger partial charge in [-0.3, -0.25) is 41.8 Å². The minimum Gasteiger partial charge on any atom is -0.408 e. The number of aromatic nitrogens is 1. The summed E-state index contributed by atoms with van der Waals surface area (Å²) in [5.74, 6) is -1.23. The van der Waals surface area contributed by atoms with Gasteiger partial charge in [0.1, 0.15) is 43.6 Å². The average molecular weight is 1210 g/mol. The summed E-state index contributed by atoms with van der Waals surface area (Å²) in [5.41, 5.74) is 2.88. The van der Waals surface area contributed by atoms with Crippen molar-refractivity contribution in [1.82, 2.24) is 19.7 Å². The number of nitrogens with zero attached hydrogens (tertiary/aromatic N) is 4. The number of thioether (sulfide) groups is 1. The molecular weight excluding hydrogens is 1140 g/mol. The Morgan fingerprint density at radius 1 is 0.689 bits per heavy atom. The van der Waals surface area contributed by atoms with Gasteiger partial charge in [0.15, 0.2) is 5.58 Å². The number of nitrogens with one attached hydrogen (secondary N) is 1. The first-order valence-corrected chi connectivity index (χ1v) is 30.0. The molecule has 3 atom stereocenters. The molecule has 0 bridgehead atoms. The normalized spacial score (nSPS) is 18.6. The molecule has 0 saturated carbocycles. The molecule has 0 amide bonds. The van der Waals surface area contributed by atoms with Crippen LogP contribution in [-0.2, 0) is 26.4 Å². The molecule has 9 rings (SSSR count). The Balaban J connectivity index is 0.000000290. The third-order valence-corrected chi connectivity index (χ3v) is 17.1. The van der Waals surface area contributed by atoms with Gasteiger partial charge in [-0.05, 0) is 163 Å². The van der Waals surface area contributed by atoms with E-state index in [0.717, 1.165) is 101 Å². The van der Waals surface area contributed by atoms with Gasteiger partial charge in [0.25, 0.3) is 0 Å². The van der Waals surface area contributed by atoms with Crippen LogP contribution in [0.15, 0.2) is 145 Å². The van der Waals surface area contributed by atoms with Crippen molar-refractivity contribution in [3.63, 3.8) is 0 Å². The molecule has 1 N–H and O–H groups in total. The van der Waals surface area contributed by atoms with Gasteiger partial charge in [-0.25, -0.2) is 18.0 Å². The number of hydrogen-bond donors (Lipinski definition) is 1. The SMILES string of the molecule is C.C.C=CCN1CCC(S(=O)c2ccc(F)cc2)CC1.C=CCN1CCC(Sc2ccc(F)cc2)CC1.O=c1[nH]c2ccc(C3=NOC(CN4CCC(S(=O)c5ccc(F)cc5)CC4)C3)cc2o1.[Na+].[O-][I+3]([O-])([O-])[O-]. The van der Waals surface area contributed by atoms with E-state index in [2.05, 4.69) is 38.0 Å². The summed E-state index contributed by atoms with van der Waals surface area (Å²) in [6.45, 7) is 16.0. The Labute approximate surface area is 470 Å². The van der Waals surface area contributed by atoms with Crippen molar-refractivity contribution in [2.75, 3.05) is 58.9 Å². The molecule has 4 aliphatic rings. The molecule has 14 nitrogen and oxygen atoms in total. The molecule has 3 unspecified atom stereocenters. The summed E-state index contributed by atoms with van der Waals surface area (Å²) >= 11 is -4.07. The third-order valence-electron chi connectivity index (χ3n) is 12.1. The Bertz CT molecular complexity index is 2600. The van der Waals surface area contributed by atoms with Crippen molar-refractivity contribution in [3.8, 4) is 0 Å². The minimum absolute atomic E-state index is 0. The van der Waals surface area contributed by atoms with Gasteiger partial charge < -0.3 is 9.25 Å². The zero-order valence-corrected chi connectivity index (χ0v) is 46.7. The van der Waals surface area contributed by atoms with Crippen molar-refractivity contribution in [2.45, 2.75) is 96.3 Å². The van der Waals surface area contributed by atoms with E-state index in [4.69, 9.17) is 23.0 Å². The maximum Gasteiger partial charge on any atom is 1.00 e. The topological polar surface area (TPSA) is 204 Å². The molecule has 0 radical (unpaired) electrons. The number of oxime groups is 1. The van der Waals surface area contributed by atoms with E-state index in [1.165, 1.54) is 54.1 Å². The van der Waals surface area contributed by atoms with Crippen LogP contribution in [0.1, 0.15) is 65.4 Å². The van der Waals surface area contributed by atoms with Gasteiger partial charge in [-0.2, -0.15) is 0 Å². The number of rotatable bonds is 13. The molecule has 1 aromatic heterocycles. The summed E-state index contributed by atoms with van der Waals surface area (Å²) < 4.78 is 103. The maximum atomic E-state index is 13.1. The van der Waals surface area contributed by atoms with Crippen LogP contribution in [0.25, 0.3) is 11.1 Å². The Morgan fingerprint density at radius 2 is 1.12 bits per heavy atom. The molecule has 22 heteroatoms. The van der Waals surface area contributed by atoms with Gasteiger partial charge >= 0.3 is 35.3 Å². The van der Waals surface area contributed by atoms with Gasteiger partial charge in [-0.15, -0.1) is 24.9 Å². The zero-order chi connectivity index (χ0) is 50.9. The maximum absolute atomic E-state index is 13.1. The number of likely N-dealkylation sites (tertiary alicyclic amines) is 3. The number of hydrogen-bond acceptors (Lipinski definition) is 14. The van der Waals surface area contributed by atoms with Crippen LogP contribution in [0.4, 0.5) is 13.2 Å². The summed E-state index contributed by atoms with van der Waals surface area (Å²) in [4.78, 5) is 29.3. The second kappa shape index (κ2) is 32.7. The largest absolute Gasteiger partial charge is 1.00 e. The first kappa shape index (κ1) is 65.3. The molecule has 5 aromatic rings. The van der Waals surface area contributed by atoms with Gasteiger partial charge in [0.05, 0.1) is 32.8 Å². The number of oxazole rings is 1.